The Hall–Kier alpha value is -6.53. The zero-order valence-corrected chi connectivity index (χ0v) is 31.7. The Balaban J connectivity index is 1.11. The Morgan fingerprint density at radius 1 is 0.509 bits per heavy atom. The first kappa shape index (κ1) is 31.9. The van der Waals surface area contributed by atoms with Crippen molar-refractivity contribution in [2.75, 3.05) is 0 Å². The molecular weight excluding hydrogens is 705 g/mol. The van der Waals surface area contributed by atoms with E-state index in [2.05, 4.69) is 187 Å². The van der Waals surface area contributed by atoms with Gasteiger partial charge >= 0.3 is 6.01 Å². The Morgan fingerprint density at radius 2 is 1.13 bits per heavy atom. The summed E-state index contributed by atoms with van der Waals surface area (Å²) in [5, 5.41) is 8.06. The summed E-state index contributed by atoms with van der Waals surface area (Å²) < 4.78 is 11.0. The summed E-state index contributed by atoms with van der Waals surface area (Å²) in [6.45, 7) is 0.484. The molecule has 0 amide bonds. The molecule has 11 rings (SSSR count). The van der Waals surface area contributed by atoms with Crippen molar-refractivity contribution in [1.29, 1.82) is 0 Å². The zero-order chi connectivity index (χ0) is 36.3. The van der Waals surface area contributed by atoms with Crippen LogP contribution in [0.25, 0.3) is 59.1 Å². The number of nitrogens with zero attached hydrogens (tertiary/aromatic N) is 2. The van der Waals surface area contributed by atoms with Gasteiger partial charge in [0.05, 0.1) is 16.7 Å². The van der Waals surface area contributed by atoms with Crippen molar-refractivity contribution >= 4 is 71.4 Å². The molecule has 10 aromatic rings. The third kappa shape index (κ3) is 5.04. The maximum absolute atomic E-state index is 6.23. The van der Waals surface area contributed by atoms with Gasteiger partial charge in [0.15, 0.2) is 8.07 Å². The second-order valence-corrected chi connectivity index (χ2v) is 19.2. The lowest BCUT2D eigenvalue weighted by Gasteiger charge is -2.35. The third-order valence-electron chi connectivity index (χ3n) is 11.3. The van der Waals surface area contributed by atoms with Crippen LogP contribution >= 0.6 is 11.3 Å². The van der Waals surface area contributed by atoms with Crippen molar-refractivity contribution in [3.63, 3.8) is 0 Å². The zero-order valence-electron chi connectivity index (χ0n) is 29.9. The van der Waals surface area contributed by atoms with Crippen molar-refractivity contribution in [3.05, 3.63) is 200 Å². The summed E-state index contributed by atoms with van der Waals surface area (Å²) in [6, 6.07) is 72.4. The average Bonchev–Trinajstić information content (AvgIpc) is 3.84. The molecule has 0 aliphatic carbocycles. The Bertz CT molecular complexity index is 3020. The molecule has 0 N–H and O–H groups in total. The summed E-state index contributed by atoms with van der Waals surface area (Å²) in [5.41, 5.74) is 9.15. The van der Waals surface area contributed by atoms with Crippen molar-refractivity contribution in [3.8, 4) is 34.0 Å². The fourth-order valence-corrected chi connectivity index (χ4v) is 14.8. The van der Waals surface area contributed by atoms with Gasteiger partial charge in [0, 0.05) is 25.7 Å². The highest BCUT2D eigenvalue weighted by atomic mass is 32.1. The molecule has 260 valence electrons. The lowest BCUT2D eigenvalue weighted by Crippen LogP contribution is -2.74. The standard InChI is InChI=1S/C50H34N2OSSi/c1-3-16-38(17-4-1)55(39-18-5-2-6-19-39,41-21-12-15-36(32-41)42-23-13-27-48-49(42)43-22-7-10-26-47(43)54-48)40-20-11-14-34(31-40)35-28-29-45-37(30-35)33-53-50-51-44-24-8-9-25-46(44)52(45)50/h1-32H,33H2. The Labute approximate surface area is 324 Å². The molecule has 1 aliphatic rings. The largest absolute Gasteiger partial charge is 0.459 e. The molecule has 0 saturated heterocycles. The molecule has 0 atom stereocenters. The minimum absolute atomic E-state index is 0.484. The summed E-state index contributed by atoms with van der Waals surface area (Å²) in [5.74, 6) is 0. The van der Waals surface area contributed by atoms with Crippen LogP contribution < -0.4 is 25.5 Å². The van der Waals surface area contributed by atoms with Gasteiger partial charge in [-0.1, -0.05) is 158 Å². The molecular formula is C50H34N2OSSi. The predicted octanol–water partition coefficient (Wildman–Crippen LogP) is 10.00. The van der Waals surface area contributed by atoms with E-state index >= 15 is 0 Å². The minimum atomic E-state index is -2.87. The van der Waals surface area contributed by atoms with Crippen LogP contribution in [0.1, 0.15) is 5.56 Å². The van der Waals surface area contributed by atoms with Crippen molar-refractivity contribution in [2.24, 2.45) is 0 Å². The highest BCUT2D eigenvalue weighted by Crippen LogP contribution is 2.40. The molecule has 0 bridgehead atoms. The highest BCUT2D eigenvalue weighted by molar-refractivity contribution is 7.26. The Kier molecular flexibility index (Phi) is 7.44. The topological polar surface area (TPSA) is 27.1 Å². The van der Waals surface area contributed by atoms with Crippen LogP contribution in [0.5, 0.6) is 6.01 Å². The van der Waals surface area contributed by atoms with Gasteiger partial charge in [0.2, 0.25) is 0 Å². The van der Waals surface area contributed by atoms with Gasteiger partial charge < -0.3 is 4.74 Å². The van der Waals surface area contributed by atoms with E-state index in [4.69, 9.17) is 9.72 Å². The predicted molar refractivity (Wildman–Crippen MR) is 233 cm³/mol. The number of aromatic nitrogens is 2. The van der Waals surface area contributed by atoms with E-state index in [0.29, 0.717) is 12.6 Å². The van der Waals surface area contributed by atoms with E-state index in [0.717, 1.165) is 22.3 Å². The first-order chi connectivity index (χ1) is 27.3. The summed E-state index contributed by atoms with van der Waals surface area (Å²) in [7, 11) is -2.87. The van der Waals surface area contributed by atoms with Crippen molar-refractivity contribution < 1.29 is 4.74 Å². The van der Waals surface area contributed by atoms with Gasteiger partial charge in [-0.15, -0.1) is 11.3 Å². The van der Waals surface area contributed by atoms with Gasteiger partial charge in [0.25, 0.3) is 0 Å². The summed E-state index contributed by atoms with van der Waals surface area (Å²) >= 11 is 1.87. The molecule has 0 fully saturated rings. The van der Waals surface area contributed by atoms with Gasteiger partial charge in [-0.3, -0.25) is 4.57 Å². The van der Waals surface area contributed by atoms with Crippen molar-refractivity contribution in [1.82, 2.24) is 9.55 Å². The number of imidazole rings is 1. The first-order valence-corrected chi connectivity index (χ1v) is 21.5. The second kappa shape index (κ2) is 12.8. The van der Waals surface area contributed by atoms with E-state index in [-0.39, 0.29) is 0 Å². The first-order valence-electron chi connectivity index (χ1n) is 18.7. The van der Waals surface area contributed by atoms with Gasteiger partial charge in [-0.05, 0) is 79.4 Å². The lowest BCUT2D eigenvalue weighted by molar-refractivity contribution is 0.266. The SMILES string of the molecule is c1ccc([Si](c2ccccc2)(c2cccc(-c3ccc4c(c3)COc3nc5ccccc5n3-4)c2)c2cccc(-c3cccc4sc5ccccc5c34)c2)cc1. The summed E-state index contributed by atoms with van der Waals surface area (Å²) in [6.07, 6.45) is 0. The van der Waals surface area contributed by atoms with E-state index in [1.165, 1.54) is 63.2 Å². The van der Waals surface area contributed by atoms with Gasteiger partial charge in [0.1, 0.15) is 6.61 Å². The van der Waals surface area contributed by atoms with Crippen LogP contribution in [0.15, 0.2) is 194 Å². The molecule has 2 aromatic heterocycles. The number of rotatable bonds is 6. The van der Waals surface area contributed by atoms with E-state index < -0.39 is 8.07 Å². The second-order valence-electron chi connectivity index (χ2n) is 14.3. The van der Waals surface area contributed by atoms with Crippen LogP contribution in [0.3, 0.4) is 0 Å². The number of fused-ring (bicyclic) bond motifs is 8. The minimum Gasteiger partial charge on any atom is -0.459 e. The maximum atomic E-state index is 6.23. The molecule has 0 spiro atoms. The van der Waals surface area contributed by atoms with Crippen LogP contribution in [0, 0.1) is 0 Å². The molecule has 0 radical (unpaired) electrons. The summed E-state index contributed by atoms with van der Waals surface area (Å²) in [4.78, 5) is 4.75. The van der Waals surface area contributed by atoms with Crippen LogP contribution in [-0.2, 0) is 6.61 Å². The smallest absolute Gasteiger partial charge is 0.302 e. The Morgan fingerprint density at radius 3 is 1.93 bits per heavy atom. The number of ether oxygens (including phenoxy) is 1. The lowest BCUT2D eigenvalue weighted by atomic mass is 10.00. The fraction of sp³-hybridized carbons (Fsp3) is 0.0200. The number of para-hydroxylation sites is 2. The molecule has 0 saturated carbocycles. The van der Waals surface area contributed by atoms with Crippen LogP contribution in [-0.4, -0.2) is 17.6 Å². The molecule has 55 heavy (non-hydrogen) atoms. The number of benzene rings is 8. The van der Waals surface area contributed by atoms with Crippen LogP contribution in [0.2, 0.25) is 0 Å². The quantitative estimate of drug-likeness (QED) is 0.126. The van der Waals surface area contributed by atoms with E-state index in [1.54, 1.807) is 0 Å². The fourth-order valence-electron chi connectivity index (χ4n) is 8.82. The highest BCUT2D eigenvalue weighted by Gasteiger charge is 2.41. The molecule has 3 nitrogen and oxygen atoms in total. The monoisotopic (exact) mass is 738 g/mol. The van der Waals surface area contributed by atoms with Gasteiger partial charge in [-0.2, -0.15) is 4.98 Å². The normalized spacial score (nSPS) is 12.4. The third-order valence-corrected chi connectivity index (χ3v) is 17.1. The van der Waals surface area contributed by atoms with Crippen molar-refractivity contribution in [2.45, 2.75) is 6.61 Å². The van der Waals surface area contributed by atoms with E-state index in [9.17, 15) is 0 Å². The molecule has 0 unspecified atom stereocenters. The average molecular weight is 739 g/mol. The van der Waals surface area contributed by atoms with Gasteiger partial charge in [-0.25, -0.2) is 0 Å². The molecule has 1 aliphatic heterocycles. The maximum Gasteiger partial charge on any atom is 0.302 e. The van der Waals surface area contributed by atoms with E-state index in [1.807, 2.05) is 23.5 Å². The number of hydrogen-bond donors (Lipinski definition) is 0. The number of thiophene rings is 1. The van der Waals surface area contributed by atoms with Crippen LogP contribution in [0.4, 0.5) is 0 Å². The molecule has 8 aromatic carbocycles. The molecule has 5 heteroatoms. The molecule has 3 heterocycles. The number of hydrogen-bond acceptors (Lipinski definition) is 3.